The summed E-state index contributed by atoms with van der Waals surface area (Å²) in [6, 6.07) is 6.09. The number of unbranched alkanes of at least 4 members (excludes halogenated alkanes) is 1. The lowest BCUT2D eigenvalue weighted by Crippen LogP contribution is -2.33. The van der Waals surface area contributed by atoms with Gasteiger partial charge in [0.15, 0.2) is 0 Å². The van der Waals surface area contributed by atoms with Crippen molar-refractivity contribution in [1.82, 2.24) is 10.2 Å². The Morgan fingerprint density at radius 1 is 1.20 bits per heavy atom. The highest BCUT2D eigenvalue weighted by Gasteiger charge is 2.36. The monoisotopic (exact) mass is 562 g/mol. The zero-order valence-electron chi connectivity index (χ0n) is 24.6. The number of nitrogens with one attached hydrogen (secondary N) is 2. The highest BCUT2D eigenvalue weighted by Crippen LogP contribution is 2.31. The first kappa shape index (κ1) is 33.1. The Morgan fingerprint density at radius 2 is 1.98 bits per heavy atom. The molecule has 0 atom stereocenters. The maximum atomic E-state index is 14.2. The summed E-state index contributed by atoms with van der Waals surface area (Å²) in [4.78, 5) is 17.9. The molecule has 0 unspecified atom stereocenters. The van der Waals surface area contributed by atoms with Gasteiger partial charge in [0.2, 0.25) is 5.91 Å². The van der Waals surface area contributed by atoms with E-state index < -0.39 is 11.7 Å². The second-order valence-electron chi connectivity index (χ2n) is 9.67. The molecule has 1 amide bonds. The lowest BCUT2D eigenvalue weighted by Gasteiger charge is -2.21. The van der Waals surface area contributed by atoms with E-state index in [1.54, 1.807) is 24.8 Å². The minimum atomic E-state index is -4.59. The molecule has 0 fully saturated rings. The van der Waals surface area contributed by atoms with Crippen LogP contribution in [0.2, 0.25) is 0 Å². The third-order valence-electron chi connectivity index (χ3n) is 6.71. The zero-order valence-corrected chi connectivity index (χ0v) is 24.6. The SMILES string of the molecule is CCC/C=C(NCCCN(CC)C(=O)CC)/C(=C\N=C(C)Nc1ccc(C2=CCOCC2)cc1CC)C(F)(F)F. The van der Waals surface area contributed by atoms with Crippen LogP contribution in [0.15, 0.2) is 52.8 Å². The van der Waals surface area contributed by atoms with E-state index in [0.717, 1.165) is 35.9 Å². The number of aryl methyl sites for hydroxylation is 1. The van der Waals surface area contributed by atoms with Gasteiger partial charge in [-0.25, -0.2) is 4.99 Å². The van der Waals surface area contributed by atoms with Gasteiger partial charge in [0.1, 0.15) is 5.84 Å². The molecule has 1 heterocycles. The number of allylic oxidation sites excluding steroid dienone is 2. The molecule has 1 aromatic rings. The molecule has 0 spiro atoms. The molecule has 0 aliphatic carbocycles. The van der Waals surface area contributed by atoms with Gasteiger partial charge in [-0.2, -0.15) is 13.2 Å². The van der Waals surface area contributed by atoms with Gasteiger partial charge in [-0.15, -0.1) is 0 Å². The quantitative estimate of drug-likeness (QED) is 0.108. The van der Waals surface area contributed by atoms with Crippen LogP contribution in [-0.4, -0.2) is 55.7 Å². The Kier molecular flexibility index (Phi) is 14.0. The largest absolute Gasteiger partial charge is 0.419 e. The Labute approximate surface area is 237 Å². The molecule has 6 nitrogen and oxygen atoms in total. The van der Waals surface area contributed by atoms with Gasteiger partial charge in [0.25, 0.3) is 0 Å². The Hall–Kier alpha value is -3.07. The van der Waals surface area contributed by atoms with Gasteiger partial charge in [-0.3, -0.25) is 4.79 Å². The number of ether oxygens (including phenoxy) is 1. The van der Waals surface area contributed by atoms with Gasteiger partial charge < -0.3 is 20.3 Å². The fraction of sp³-hybridized carbons (Fsp3) is 0.548. The van der Waals surface area contributed by atoms with Crippen molar-refractivity contribution in [2.45, 2.75) is 79.3 Å². The van der Waals surface area contributed by atoms with Crippen LogP contribution in [0.4, 0.5) is 18.9 Å². The van der Waals surface area contributed by atoms with Crippen LogP contribution in [0.25, 0.3) is 5.57 Å². The van der Waals surface area contributed by atoms with Crippen molar-refractivity contribution in [3.8, 4) is 0 Å². The topological polar surface area (TPSA) is 66.0 Å². The second-order valence-corrected chi connectivity index (χ2v) is 9.67. The summed E-state index contributed by atoms with van der Waals surface area (Å²) in [5.74, 6) is 0.403. The number of benzene rings is 1. The fourth-order valence-electron chi connectivity index (χ4n) is 4.42. The maximum absolute atomic E-state index is 14.2. The van der Waals surface area contributed by atoms with Crippen LogP contribution >= 0.6 is 0 Å². The number of aliphatic imine (C=N–C) groups is 1. The van der Waals surface area contributed by atoms with Crippen LogP contribution in [0.1, 0.15) is 77.8 Å². The van der Waals surface area contributed by atoms with Crippen molar-refractivity contribution in [2.75, 3.05) is 38.2 Å². The van der Waals surface area contributed by atoms with Crippen molar-refractivity contribution in [2.24, 2.45) is 4.99 Å². The van der Waals surface area contributed by atoms with Crippen LogP contribution in [0.3, 0.4) is 0 Å². The summed E-state index contributed by atoms with van der Waals surface area (Å²) in [7, 11) is 0. The zero-order chi connectivity index (χ0) is 29.5. The van der Waals surface area contributed by atoms with E-state index in [2.05, 4.69) is 27.8 Å². The van der Waals surface area contributed by atoms with E-state index in [1.807, 2.05) is 32.9 Å². The first-order valence-electron chi connectivity index (χ1n) is 14.3. The third-order valence-corrected chi connectivity index (χ3v) is 6.71. The van der Waals surface area contributed by atoms with Crippen molar-refractivity contribution >= 4 is 23.0 Å². The molecule has 9 heteroatoms. The second kappa shape index (κ2) is 16.9. The lowest BCUT2D eigenvalue weighted by atomic mass is 9.97. The molecule has 0 bridgehead atoms. The van der Waals surface area contributed by atoms with E-state index in [4.69, 9.17) is 4.74 Å². The van der Waals surface area contributed by atoms with Gasteiger partial charge >= 0.3 is 6.18 Å². The summed E-state index contributed by atoms with van der Waals surface area (Å²) in [6.45, 7) is 12.0. The third kappa shape index (κ3) is 10.5. The summed E-state index contributed by atoms with van der Waals surface area (Å²) in [5.41, 5.74) is 3.46. The Bertz CT molecular complexity index is 1090. The number of halogens is 3. The number of alkyl halides is 3. The van der Waals surface area contributed by atoms with Crippen LogP contribution in [0.5, 0.6) is 0 Å². The number of amides is 1. The minimum absolute atomic E-state index is 0.0131. The van der Waals surface area contributed by atoms with Crippen LogP contribution in [-0.2, 0) is 16.0 Å². The Morgan fingerprint density at radius 3 is 2.58 bits per heavy atom. The summed E-state index contributed by atoms with van der Waals surface area (Å²) >= 11 is 0. The lowest BCUT2D eigenvalue weighted by molar-refractivity contribution is -0.130. The standard InChI is InChI=1S/C31H45F3N4O2/c1-6-10-12-29(35-17-11-18-38(9-4)30(39)8-3)27(31(32,33)34)22-36-23(5)37-28-14-13-26(21-24(28)7-2)25-15-19-40-20-16-25/h12-15,21-22,35H,6-11,16-20H2,1-5H3,(H,36,37)/b27-22+,29-12-. The normalized spacial score (nSPS) is 15.1. The van der Waals surface area contributed by atoms with E-state index >= 15 is 0 Å². The summed E-state index contributed by atoms with van der Waals surface area (Å²) in [6.07, 6.45) is 3.76. The number of anilines is 1. The number of carbonyl (C=O) groups is 1. The average molecular weight is 563 g/mol. The molecule has 40 heavy (non-hydrogen) atoms. The molecule has 1 aliphatic heterocycles. The fourth-order valence-corrected chi connectivity index (χ4v) is 4.42. The van der Waals surface area contributed by atoms with Crippen LogP contribution in [0, 0.1) is 0 Å². The van der Waals surface area contributed by atoms with Crippen molar-refractivity contribution in [3.63, 3.8) is 0 Å². The molecule has 1 aromatic carbocycles. The molecule has 2 rings (SSSR count). The molecule has 222 valence electrons. The number of hydrogen-bond acceptors (Lipinski definition) is 4. The summed E-state index contributed by atoms with van der Waals surface area (Å²) in [5, 5.41) is 6.14. The predicted octanol–water partition coefficient (Wildman–Crippen LogP) is 7.25. The molecule has 0 saturated heterocycles. The number of hydrogen-bond donors (Lipinski definition) is 2. The van der Waals surface area contributed by atoms with E-state index in [9.17, 15) is 18.0 Å². The van der Waals surface area contributed by atoms with Crippen molar-refractivity contribution in [1.29, 1.82) is 0 Å². The van der Waals surface area contributed by atoms with Gasteiger partial charge in [0, 0.05) is 43.6 Å². The first-order chi connectivity index (χ1) is 19.1. The minimum Gasteiger partial charge on any atom is -0.385 e. The summed E-state index contributed by atoms with van der Waals surface area (Å²) < 4.78 is 47.9. The van der Waals surface area contributed by atoms with Crippen LogP contribution < -0.4 is 10.6 Å². The molecular weight excluding hydrogens is 517 g/mol. The molecule has 2 N–H and O–H groups in total. The molecular formula is C31H45F3N4O2. The van der Waals surface area contributed by atoms with Crippen molar-refractivity contribution in [3.05, 3.63) is 58.9 Å². The van der Waals surface area contributed by atoms with E-state index in [1.165, 1.54) is 5.57 Å². The molecule has 0 radical (unpaired) electrons. The van der Waals surface area contributed by atoms with E-state index in [-0.39, 0.29) is 11.6 Å². The number of carbonyl (C=O) groups excluding carboxylic acids is 1. The predicted molar refractivity (Wildman–Crippen MR) is 158 cm³/mol. The van der Waals surface area contributed by atoms with Gasteiger partial charge in [-0.05, 0) is 68.4 Å². The first-order valence-corrected chi connectivity index (χ1v) is 14.3. The van der Waals surface area contributed by atoms with Crippen molar-refractivity contribution < 1.29 is 22.7 Å². The van der Waals surface area contributed by atoms with E-state index in [0.29, 0.717) is 64.4 Å². The molecule has 0 saturated carbocycles. The molecule has 0 aromatic heterocycles. The smallest absolute Gasteiger partial charge is 0.385 e. The number of nitrogens with zero attached hydrogens (tertiary/aromatic N) is 2. The van der Waals surface area contributed by atoms with Gasteiger partial charge in [-0.1, -0.05) is 45.4 Å². The number of amidine groups is 1. The van der Waals surface area contributed by atoms with Gasteiger partial charge in [0.05, 0.1) is 18.8 Å². The highest BCUT2D eigenvalue weighted by atomic mass is 19.4. The molecule has 1 aliphatic rings. The average Bonchev–Trinajstić information content (AvgIpc) is 2.95. The highest BCUT2D eigenvalue weighted by molar-refractivity contribution is 5.95. The maximum Gasteiger partial charge on any atom is 0.419 e. The Balaban J connectivity index is 2.21. The number of rotatable bonds is 14.